The van der Waals surface area contributed by atoms with Gasteiger partial charge in [0.15, 0.2) is 0 Å². The summed E-state index contributed by atoms with van der Waals surface area (Å²) in [7, 11) is 1.73. The number of nitrogens with zero attached hydrogens (tertiary/aromatic N) is 1. The number of benzene rings is 1. The third kappa shape index (κ3) is 5.19. The Labute approximate surface area is 155 Å². The highest BCUT2D eigenvalue weighted by Gasteiger charge is 2.36. The Hall–Kier alpha value is -1.10. The van der Waals surface area contributed by atoms with E-state index < -0.39 is 0 Å². The summed E-state index contributed by atoms with van der Waals surface area (Å²) < 4.78 is 5.14. The molecule has 0 aromatic heterocycles. The molecule has 0 spiro atoms. The largest absolute Gasteiger partial charge is 0.385 e. The predicted octanol–water partition coefficient (Wildman–Crippen LogP) is 3.41. The first-order valence-corrected chi connectivity index (χ1v) is 9.84. The van der Waals surface area contributed by atoms with E-state index in [2.05, 4.69) is 22.3 Å². The summed E-state index contributed by atoms with van der Waals surface area (Å²) in [5.74, 6) is 0.425. The first-order chi connectivity index (χ1) is 12.2. The number of carbonyl (C=O) groups is 1. The Bertz CT molecular complexity index is 583. The summed E-state index contributed by atoms with van der Waals surface area (Å²) in [5, 5.41) is 4.12. The van der Waals surface area contributed by atoms with E-state index in [1.807, 2.05) is 6.07 Å². The maximum absolute atomic E-state index is 13.0. The van der Waals surface area contributed by atoms with Crippen LogP contribution in [0, 0.1) is 5.92 Å². The lowest BCUT2D eigenvalue weighted by molar-refractivity contribution is -0.137. The fourth-order valence-corrected chi connectivity index (χ4v) is 3.76. The number of nitrogens with one attached hydrogen (secondary N) is 1. The zero-order chi connectivity index (χ0) is 17.6. The van der Waals surface area contributed by atoms with Crippen molar-refractivity contribution in [2.75, 3.05) is 26.8 Å². The predicted molar refractivity (Wildman–Crippen MR) is 101 cm³/mol. The number of ether oxygens (including phenoxy) is 1. The Morgan fingerprint density at radius 2 is 2.20 bits per heavy atom. The molecule has 5 heteroatoms. The monoisotopic (exact) mass is 364 g/mol. The molecule has 0 bridgehead atoms. The van der Waals surface area contributed by atoms with Gasteiger partial charge in [0.2, 0.25) is 5.91 Å². The molecule has 4 nitrogen and oxygen atoms in total. The molecule has 1 amide bonds. The fourth-order valence-electron chi connectivity index (χ4n) is 3.58. The summed E-state index contributed by atoms with van der Waals surface area (Å²) in [6.45, 7) is 3.24. The van der Waals surface area contributed by atoms with E-state index in [0.29, 0.717) is 18.5 Å². The second-order valence-corrected chi connectivity index (χ2v) is 7.67. The lowest BCUT2D eigenvalue weighted by atomic mass is 9.97. The van der Waals surface area contributed by atoms with Crippen molar-refractivity contribution in [1.29, 1.82) is 0 Å². The minimum Gasteiger partial charge on any atom is -0.385 e. The molecule has 138 valence electrons. The average Bonchev–Trinajstić information content (AvgIpc) is 3.47. The number of hydrogen-bond acceptors (Lipinski definition) is 3. The summed E-state index contributed by atoms with van der Waals surface area (Å²) in [4.78, 5) is 15.1. The van der Waals surface area contributed by atoms with E-state index >= 15 is 0 Å². The molecule has 1 N–H and O–H groups in total. The number of piperidine rings is 1. The number of amides is 1. The van der Waals surface area contributed by atoms with Gasteiger partial charge in [-0.05, 0) is 62.3 Å². The fraction of sp³-hybridized carbons (Fsp3) is 0.650. The third-order valence-corrected chi connectivity index (χ3v) is 5.55. The van der Waals surface area contributed by atoms with E-state index in [-0.39, 0.29) is 5.92 Å². The van der Waals surface area contributed by atoms with Gasteiger partial charge < -0.3 is 15.0 Å². The molecule has 1 atom stereocenters. The summed E-state index contributed by atoms with van der Waals surface area (Å²) in [5.41, 5.74) is 2.33. The topological polar surface area (TPSA) is 41.6 Å². The summed E-state index contributed by atoms with van der Waals surface area (Å²) >= 11 is 6.44. The van der Waals surface area contributed by atoms with Gasteiger partial charge in [0.1, 0.15) is 0 Å². The normalized spacial score (nSPS) is 20.5. The van der Waals surface area contributed by atoms with Gasteiger partial charge >= 0.3 is 0 Å². The Balaban J connectivity index is 1.69. The van der Waals surface area contributed by atoms with Gasteiger partial charge in [0.25, 0.3) is 0 Å². The van der Waals surface area contributed by atoms with Crippen molar-refractivity contribution in [2.24, 2.45) is 5.92 Å². The van der Waals surface area contributed by atoms with E-state index in [0.717, 1.165) is 68.8 Å². The highest BCUT2D eigenvalue weighted by molar-refractivity contribution is 6.31. The van der Waals surface area contributed by atoms with Gasteiger partial charge in [0.05, 0.1) is 5.92 Å². The van der Waals surface area contributed by atoms with Crippen LogP contribution in [0.5, 0.6) is 0 Å². The van der Waals surface area contributed by atoms with Crippen LogP contribution >= 0.6 is 11.6 Å². The first kappa shape index (κ1) is 18.7. The first-order valence-electron chi connectivity index (χ1n) is 9.46. The van der Waals surface area contributed by atoms with Crippen molar-refractivity contribution in [2.45, 2.75) is 51.1 Å². The number of rotatable bonds is 8. The Morgan fingerprint density at radius 3 is 2.88 bits per heavy atom. The smallest absolute Gasteiger partial charge is 0.227 e. The molecule has 25 heavy (non-hydrogen) atoms. The number of aryl methyl sites for hydroxylation is 1. The van der Waals surface area contributed by atoms with Gasteiger partial charge in [-0.25, -0.2) is 0 Å². The molecule has 1 aromatic rings. The van der Waals surface area contributed by atoms with E-state index in [9.17, 15) is 4.79 Å². The molecule has 1 aliphatic carbocycles. The second-order valence-electron chi connectivity index (χ2n) is 7.26. The zero-order valence-corrected chi connectivity index (χ0v) is 15.9. The van der Waals surface area contributed by atoms with Crippen LogP contribution in [-0.4, -0.2) is 43.7 Å². The molecule has 1 unspecified atom stereocenters. The van der Waals surface area contributed by atoms with Crippen LogP contribution in [0.15, 0.2) is 18.2 Å². The van der Waals surface area contributed by atoms with Crippen molar-refractivity contribution in [1.82, 2.24) is 10.2 Å². The third-order valence-electron chi connectivity index (χ3n) is 5.18. The van der Waals surface area contributed by atoms with E-state index in [1.165, 1.54) is 5.56 Å². The second kappa shape index (κ2) is 9.02. The van der Waals surface area contributed by atoms with Gasteiger partial charge in [-0.2, -0.15) is 0 Å². The minimum absolute atomic E-state index is 0.123. The number of hydrogen-bond donors (Lipinski definition) is 1. The highest BCUT2D eigenvalue weighted by Crippen LogP contribution is 2.32. The standard InChI is InChI=1S/C20H29ClN2O2/c1-25-11-3-4-15-6-9-19(21)17(12-15)14-23(18-7-8-18)20(24)16-5-2-10-22-13-16/h6,9,12,16,18,22H,2-5,7-8,10-11,13-14H2,1H3. The van der Waals surface area contributed by atoms with Gasteiger partial charge in [-0.15, -0.1) is 0 Å². The van der Waals surface area contributed by atoms with Crippen LogP contribution in [0.2, 0.25) is 5.02 Å². The quantitative estimate of drug-likeness (QED) is 0.719. The van der Waals surface area contributed by atoms with Crippen molar-refractivity contribution in [3.8, 4) is 0 Å². The maximum atomic E-state index is 13.0. The van der Waals surface area contributed by atoms with E-state index in [1.54, 1.807) is 7.11 Å². The molecule has 1 aromatic carbocycles. The summed E-state index contributed by atoms with van der Waals surface area (Å²) in [6, 6.07) is 6.62. The Kier molecular flexibility index (Phi) is 6.74. The maximum Gasteiger partial charge on any atom is 0.227 e. The molecule has 1 saturated heterocycles. The van der Waals surface area contributed by atoms with E-state index in [4.69, 9.17) is 16.3 Å². The van der Waals surface area contributed by atoms with Crippen molar-refractivity contribution < 1.29 is 9.53 Å². The average molecular weight is 365 g/mol. The highest BCUT2D eigenvalue weighted by atomic mass is 35.5. The number of carbonyl (C=O) groups excluding carboxylic acids is 1. The van der Waals surface area contributed by atoms with Crippen molar-refractivity contribution in [3.05, 3.63) is 34.3 Å². The Morgan fingerprint density at radius 1 is 1.36 bits per heavy atom. The molecule has 2 fully saturated rings. The van der Waals surface area contributed by atoms with Crippen LogP contribution in [0.1, 0.15) is 43.2 Å². The lowest BCUT2D eigenvalue weighted by Crippen LogP contribution is -2.43. The van der Waals surface area contributed by atoms with Crippen LogP contribution in [0.25, 0.3) is 0 Å². The molecule has 2 aliphatic rings. The van der Waals surface area contributed by atoms with Crippen LogP contribution in [-0.2, 0) is 22.5 Å². The van der Waals surface area contributed by atoms with Crippen LogP contribution < -0.4 is 5.32 Å². The minimum atomic E-state index is 0.123. The van der Waals surface area contributed by atoms with Crippen LogP contribution in [0.4, 0.5) is 0 Å². The molecule has 1 heterocycles. The molecule has 1 aliphatic heterocycles. The molecular weight excluding hydrogens is 336 g/mol. The van der Waals surface area contributed by atoms with Gasteiger partial charge in [-0.1, -0.05) is 23.7 Å². The van der Waals surface area contributed by atoms with Crippen molar-refractivity contribution in [3.63, 3.8) is 0 Å². The summed E-state index contributed by atoms with van der Waals surface area (Å²) in [6.07, 6.45) is 6.30. The SMILES string of the molecule is COCCCc1ccc(Cl)c(CN(C(=O)C2CCCNC2)C2CC2)c1. The number of methoxy groups -OCH3 is 1. The zero-order valence-electron chi connectivity index (χ0n) is 15.1. The number of halogens is 1. The molecule has 0 radical (unpaired) electrons. The molecule has 3 rings (SSSR count). The molecule has 1 saturated carbocycles. The van der Waals surface area contributed by atoms with Crippen molar-refractivity contribution >= 4 is 17.5 Å². The van der Waals surface area contributed by atoms with Gasteiger partial charge in [0, 0.05) is 37.9 Å². The van der Waals surface area contributed by atoms with Gasteiger partial charge in [-0.3, -0.25) is 4.79 Å². The van der Waals surface area contributed by atoms with Crippen LogP contribution in [0.3, 0.4) is 0 Å². The lowest BCUT2D eigenvalue weighted by Gasteiger charge is -2.30. The molecular formula is C20H29ClN2O2.